The Morgan fingerprint density at radius 3 is 3.06 bits per heavy atom. The van der Waals surface area contributed by atoms with Gasteiger partial charge in [-0.25, -0.2) is 13.1 Å². The largest absolute Gasteiger partial charge is 0.381 e. The van der Waals surface area contributed by atoms with E-state index in [4.69, 9.17) is 10.5 Å². The molecule has 1 aromatic rings. The molecule has 2 rings (SSSR count). The quantitative estimate of drug-likeness (QED) is 0.784. The number of nitrogens with one attached hydrogen (secondary N) is 1. The first-order valence-electron chi connectivity index (χ1n) is 5.96. The second kappa shape index (κ2) is 5.25. The number of nitrogens with two attached hydrogens (primary N) is 1. The Morgan fingerprint density at radius 2 is 2.44 bits per heavy atom. The summed E-state index contributed by atoms with van der Waals surface area (Å²) in [5.74, 6) is 0.0369. The maximum atomic E-state index is 12.1. The Bertz CT molecular complexity index is 505. The van der Waals surface area contributed by atoms with E-state index in [9.17, 15) is 8.42 Å². The average molecular weight is 274 g/mol. The third-order valence-electron chi connectivity index (χ3n) is 2.75. The zero-order valence-electron chi connectivity index (χ0n) is 10.3. The van der Waals surface area contributed by atoms with Gasteiger partial charge in [0, 0.05) is 25.4 Å². The molecule has 8 heteroatoms. The Labute approximate surface area is 106 Å². The van der Waals surface area contributed by atoms with Gasteiger partial charge in [0.05, 0.1) is 6.61 Å². The lowest BCUT2D eigenvalue weighted by molar-refractivity contribution is 0.192. The molecule has 1 aromatic heterocycles. The molecule has 18 heavy (non-hydrogen) atoms. The van der Waals surface area contributed by atoms with Crippen LogP contribution in [0.1, 0.15) is 19.8 Å². The van der Waals surface area contributed by atoms with Crippen LogP contribution in [0.4, 0.5) is 5.82 Å². The highest BCUT2D eigenvalue weighted by atomic mass is 32.2. The van der Waals surface area contributed by atoms with Gasteiger partial charge in [-0.1, -0.05) is 6.92 Å². The van der Waals surface area contributed by atoms with Crippen LogP contribution in [0.25, 0.3) is 0 Å². The molecular formula is C10H18N4O3S. The average Bonchev–Trinajstić information content (AvgIpc) is 2.88. The van der Waals surface area contributed by atoms with Crippen molar-refractivity contribution in [2.75, 3.05) is 18.9 Å². The normalized spacial score (nSPS) is 20.4. The summed E-state index contributed by atoms with van der Waals surface area (Å²) in [7, 11) is -3.61. The highest BCUT2D eigenvalue weighted by Crippen LogP contribution is 2.18. The van der Waals surface area contributed by atoms with Crippen molar-refractivity contribution >= 4 is 15.8 Å². The molecule has 3 N–H and O–H groups in total. The molecule has 7 nitrogen and oxygen atoms in total. The molecule has 1 unspecified atom stereocenters. The van der Waals surface area contributed by atoms with Crippen LogP contribution < -0.4 is 10.5 Å². The van der Waals surface area contributed by atoms with E-state index in [1.807, 2.05) is 6.92 Å². The zero-order valence-corrected chi connectivity index (χ0v) is 11.1. The van der Waals surface area contributed by atoms with Gasteiger partial charge in [-0.2, -0.15) is 5.10 Å². The van der Waals surface area contributed by atoms with Gasteiger partial charge in [0.2, 0.25) is 10.0 Å². The topological polar surface area (TPSA) is 99.2 Å². The zero-order chi connectivity index (χ0) is 13.2. The fourth-order valence-electron chi connectivity index (χ4n) is 1.88. The van der Waals surface area contributed by atoms with Crippen LogP contribution in [0.3, 0.4) is 0 Å². The Hall–Kier alpha value is -1.12. The van der Waals surface area contributed by atoms with E-state index in [1.54, 1.807) is 4.68 Å². The second-order valence-electron chi connectivity index (χ2n) is 4.32. The van der Waals surface area contributed by atoms with Gasteiger partial charge >= 0.3 is 0 Å². The minimum atomic E-state index is -3.61. The number of aromatic nitrogens is 2. The maximum absolute atomic E-state index is 12.1. The summed E-state index contributed by atoms with van der Waals surface area (Å²) >= 11 is 0. The Kier molecular flexibility index (Phi) is 3.88. The second-order valence-corrected chi connectivity index (χ2v) is 6.01. The molecule has 1 aliphatic heterocycles. The van der Waals surface area contributed by atoms with E-state index in [0.717, 1.165) is 6.42 Å². The summed E-state index contributed by atoms with van der Waals surface area (Å²) in [5, 5.41) is 3.99. The maximum Gasteiger partial charge on any atom is 0.246 e. The standard InChI is InChI=1S/C10H18N4O3S/c1-2-4-14-6-9(10(11)12-14)18(15,16)13-8-3-5-17-7-8/h6,8,13H,2-5,7H2,1H3,(H2,11,12). The van der Waals surface area contributed by atoms with Crippen LogP contribution in [0.2, 0.25) is 0 Å². The lowest BCUT2D eigenvalue weighted by atomic mass is 10.3. The van der Waals surface area contributed by atoms with Crippen LogP contribution in [0.15, 0.2) is 11.1 Å². The van der Waals surface area contributed by atoms with Crippen LogP contribution in [-0.4, -0.2) is 37.5 Å². The molecule has 0 bridgehead atoms. The summed E-state index contributed by atoms with van der Waals surface area (Å²) < 4.78 is 33.5. The summed E-state index contributed by atoms with van der Waals surface area (Å²) in [4.78, 5) is 0.0443. The number of anilines is 1. The van der Waals surface area contributed by atoms with Gasteiger partial charge in [0.25, 0.3) is 0 Å². The van der Waals surface area contributed by atoms with Crippen LogP contribution in [-0.2, 0) is 21.3 Å². The monoisotopic (exact) mass is 274 g/mol. The Balaban J connectivity index is 2.17. The molecular weight excluding hydrogens is 256 g/mol. The molecule has 2 heterocycles. The summed E-state index contributed by atoms with van der Waals surface area (Å²) in [6, 6.07) is -0.177. The molecule has 1 atom stereocenters. The molecule has 1 fully saturated rings. The van der Waals surface area contributed by atoms with Gasteiger partial charge in [0.15, 0.2) is 5.82 Å². The van der Waals surface area contributed by atoms with Crippen molar-refractivity contribution in [1.82, 2.24) is 14.5 Å². The molecule has 1 saturated heterocycles. The minimum Gasteiger partial charge on any atom is -0.381 e. The van der Waals surface area contributed by atoms with Crippen LogP contribution in [0, 0.1) is 0 Å². The van der Waals surface area contributed by atoms with E-state index in [-0.39, 0.29) is 16.8 Å². The number of hydrogen-bond acceptors (Lipinski definition) is 5. The van der Waals surface area contributed by atoms with E-state index in [2.05, 4.69) is 9.82 Å². The van der Waals surface area contributed by atoms with Gasteiger partial charge in [0.1, 0.15) is 4.90 Å². The number of nitrogen functional groups attached to an aromatic ring is 1. The van der Waals surface area contributed by atoms with Gasteiger partial charge in [-0.3, -0.25) is 4.68 Å². The Morgan fingerprint density at radius 1 is 1.67 bits per heavy atom. The van der Waals surface area contributed by atoms with E-state index in [0.29, 0.717) is 26.2 Å². The molecule has 0 aliphatic carbocycles. The van der Waals surface area contributed by atoms with Crippen molar-refractivity contribution in [1.29, 1.82) is 0 Å². The highest BCUT2D eigenvalue weighted by Gasteiger charge is 2.26. The lowest BCUT2D eigenvalue weighted by Gasteiger charge is -2.10. The van der Waals surface area contributed by atoms with Crippen molar-refractivity contribution in [3.05, 3.63) is 6.20 Å². The molecule has 0 spiro atoms. The van der Waals surface area contributed by atoms with E-state index >= 15 is 0 Å². The lowest BCUT2D eigenvalue weighted by Crippen LogP contribution is -2.35. The first kappa shape index (κ1) is 13.3. The number of nitrogens with zero attached hydrogens (tertiary/aromatic N) is 2. The van der Waals surface area contributed by atoms with E-state index in [1.165, 1.54) is 6.20 Å². The fourth-order valence-corrected chi connectivity index (χ4v) is 3.21. The fraction of sp³-hybridized carbons (Fsp3) is 0.700. The highest BCUT2D eigenvalue weighted by molar-refractivity contribution is 7.89. The van der Waals surface area contributed by atoms with Crippen LogP contribution >= 0.6 is 0 Å². The van der Waals surface area contributed by atoms with Crippen molar-refractivity contribution < 1.29 is 13.2 Å². The third kappa shape index (κ3) is 2.82. The molecule has 0 saturated carbocycles. The van der Waals surface area contributed by atoms with Crippen molar-refractivity contribution in [3.8, 4) is 0 Å². The van der Waals surface area contributed by atoms with Gasteiger partial charge < -0.3 is 10.5 Å². The molecule has 102 valence electrons. The van der Waals surface area contributed by atoms with Gasteiger partial charge in [-0.05, 0) is 12.8 Å². The number of rotatable bonds is 5. The SMILES string of the molecule is CCCn1cc(S(=O)(=O)NC2CCOC2)c(N)n1. The molecule has 0 amide bonds. The third-order valence-corrected chi connectivity index (χ3v) is 4.29. The van der Waals surface area contributed by atoms with Crippen LogP contribution in [0.5, 0.6) is 0 Å². The van der Waals surface area contributed by atoms with Crippen molar-refractivity contribution in [2.45, 2.75) is 37.2 Å². The van der Waals surface area contributed by atoms with Crippen molar-refractivity contribution in [3.63, 3.8) is 0 Å². The number of aryl methyl sites for hydroxylation is 1. The molecule has 1 aliphatic rings. The summed E-state index contributed by atoms with van der Waals surface area (Å²) in [6.45, 7) is 3.62. The smallest absolute Gasteiger partial charge is 0.246 e. The molecule has 0 aromatic carbocycles. The predicted octanol–water partition coefficient (Wildman–Crippen LogP) is -0.0575. The number of sulfonamides is 1. The first-order chi connectivity index (χ1) is 8.53. The summed E-state index contributed by atoms with van der Waals surface area (Å²) in [6.07, 6.45) is 3.02. The number of hydrogen-bond donors (Lipinski definition) is 2. The number of ether oxygens (including phenoxy) is 1. The minimum absolute atomic E-state index is 0.0369. The van der Waals surface area contributed by atoms with E-state index < -0.39 is 10.0 Å². The predicted molar refractivity (Wildman–Crippen MR) is 66.5 cm³/mol. The summed E-state index contributed by atoms with van der Waals surface area (Å²) in [5.41, 5.74) is 5.65. The molecule has 0 radical (unpaired) electrons. The van der Waals surface area contributed by atoms with Crippen molar-refractivity contribution in [2.24, 2.45) is 0 Å². The first-order valence-corrected chi connectivity index (χ1v) is 7.44. The van der Waals surface area contributed by atoms with Gasteiger partial charge in [-0.15, -0.1) is 0 Å².